The number of benzene rings is 3. The summed E-state index contributed by atoms with van der Waals surface area (Å²) in [5.41, 5.74) is 4.26. The lowest BCUT2D eigenvalue weighted by atomic mass is 10.0. The van der Waals surface area contributed by atoms with Crippen LogP contribution in [-0.2, 0) is 22.6 Å². The van der Waals surface area contributed by atoms with E-state index in [2.05, 4.69) is 11.4 Å². The Morgan fingerprint density at radius 2 is 1.59 bits per heavy atom. The molecule has 3 rings (SSSR count). The highest BCUT2D eigenvalue weighted by Gasteiger charge is 2.32. The Morgan fingerprint density at radius 3 is 2.22 bits per heavy atom. The minimum atomic E-state index is -0.789. The summed E-state index contributed by atoms with van der Waals surface area (Å²) in [6.45, 7) is 11.6. The SMILES string of the molecule is Cc1cc(C)c(C)c(OCC(=O)N(Cc2ccc(F)cc2)[C@H](Cc2ccccc2)C(=O)NC(C)(C)C)c1. The Bertz CT molecular complexity index is 1220. The number of rotatable bonds is 9. The van der Waals surface area contributed by atoms with Gasteiger partial charge in [0, 0.05) is 18.5 Å². The second-order valence-corrected chi connectivity index (χ2v) is 10.6. The molecule has 3 aromatic carbocycles. The lowest BCUT2D eigenvalue weighted by Gasteiger charge is -2.33. The standard InChI is InChI=1S/C31H37FN2O3/c1-21-16-22(2)23(3)28(17-21)37-20-29(35)34(19-25-12-14-26(32)15-13-25)27(30(36)33-31(4,5)6)18-24-10-8-7-9-11-24/h7-17,27H,18-20H2,1-6H3,(H,33,36)/t27-/m1/s1. The fourth-order valence-electron chi connectivity index (χ4n) is 4.17. The molecular weight excluding hydrogens is 467 g/mol. The lowest BCUT2D eigenvalue weighted by molar-refractivity contribution is -0.143. The number of hydrogen-bond acceptors (Lipinski definition) is 3. The van der Waals surface area contributed by atoms with Crippen LogP contribution in [0, 0.1) is 26.6 Å². The van der Waals surface area contributed by atoms with Crippen molar-refractivity contribution < 1.29 is 18.7 Å². The molecule has 196 valence electrons. The molecule has 0 spiro atoms. The number of aryl methyl sites for hydroxylation is 2. The van der Waals surface area contributed by atoms with Crippen LogP contribution in [0.2, 0.25) is 0 Å². The van der Waals surface area contributed by atoms with E-state index in [4.69, 9.17) is 4.74 Å². The van der Waals surface area contributed by atoms with Crippen LogP contribution in [0.25, 0.3) is 0 Å². The van der Waals surface area contributed by atoms with Crippen molar-refractivity contribution in [1.82, 2.24) is 10.2 Å². The molecule has 0 unspecified atom stereocenters. The Labute approximate surface area is 219 Å². The third kappa shape index (κ3) is 8.17. The van der Waals surface area contributed by atoms with E-state index in [0.717, 1.165) is 27.8 Å². The third-order valence-corrected chi connectivity index (χ3v) is 6.15. The van der Waals surface area contributed by atoms with E-state index in [1.807, 2.05) is 77.9 Å². The number of nitrogens with one attached hydrogen (secondary N) is 1. The fraction of sp³-hybridized carbons (Fsp3) is 0.355. The zero-order valence-corrected chi connectivity index (χ0v) is 22.6. The number of carbonyl (C=O) groups excluding carboxylic acids is 2. The molecule has 1 atom stereocenters. The normalized spacial score (nSPS) is 12.1. The van der Waals surface area contributed by atoms with Gasteiger partial charge in [0.15, 0.2) is 6.61 Å². The Hall–Kier alpha value is -3.67. The van der Waals surface area contributed by atoms with Crippen molar-refractivity contribution in [3.63, 3.8) is 0 Å². The molecule has 0 radical (unpaired) electrons. The first kappa shape index (κ1) is 27.9. The zero-order chi connectivity index (χ0) is 27.2. The van der Waals surface area contributed by atoms with Crippen molar-refractivity contribution in [3.8, 4) is 5.75 Å². The molecule has 0 saturated carbocycles. The summed E-state index contributed by atoms with van der Waals surface area (Å²) in [6.07, 6.45) is 0.332. The molecule has 3 aromatic rings. The van der Waals surface area contributed by atoms with Crippen molar-refractivity contribution in [3.05, 3.63) is 100 Å². The van der Waals surface area contributed by atoms with E-state index in [0.29, 0.717) is 12.2 Å². The van der Waals surface area contributed by atoms with Gasteiger partial charge in [0.05, 0.1) is 0 Å². The highest BCUT2D eigenvalue weighted by Crippen LogP contribution is 2.24. The average molecular weight is 505 g/mol. The van der Waals surface area contributed by atoms with Crippen molar-refractivity contribution in [2.75, 3.05) is 6.61 Å². The fourth-order valence-corrected chi connectivity index (χ4v) is 4.17. The summed E-state index contributed by atoms with van der Waals surface area (Å²) in [4.78, 5) is 28.8. The molecule has 37 heavy (non-hydrogen) atoms. The van der Waals surface area contributed by atoms with Gasteiger partial charge in [0.1, 0.15) is 17.6 Å². The lowest BCUT2D eigenvalue weighted by Crippen LogP contribution is -2.55. The summed E-state index contributed by atoms with van der Waals surface area (Å²) >= 11 is 0. The second-order valence-electron chi connectivity index (χ2n) is 10.6. The predicted octanol–water partition coefficient (Wildman–Crippen LogP) is 5.68. The van der Waals surface area contributed by atoms with E-state index in [1.54, 1.807) is 17.0 Å². The second kappa shape index (κ2) is 12.0. The summed E-state index contributed by atoms with van der Waals surface area (Å²) in [5, 5.41) is 3.03. The quantitative estimate of drug-likeness (QED) is 0.408. The van der Waals surface area contributed by atoms with Gasteiger partial charge in [-0.15, -0.1) is 0 Å². The maximum atomic E-state index is 13.7. The third-order valence-electron chi connectivity index (χ3n) is 6.15. The molecule has 0 aliphatic carbocycles. The van der Waals surface area contributed by atoms with Gasteiger partial charge >= 0.3 is 0 Å². The van der Waals surface area contributed by atoms with Crippen molar-refractivity contribution in [2.24, 2.45) is 0 Å². The molecule has 0 aliphatic rings. The summed E-state index contributed by atoms with van der Waals surface area (Å²) in [6, 6.07) is 18.8. The number of hydrogen-bond donors (Lipinski definition) is 1. The van der Waals surface area contributed by atoms with Crippen molar-refractivity contribution >= 4 is 11.8 Å². The minimum absolute atomic E-state index is 0.142. The van der Waals surface area contributed by atoms with E-state index in [1.165, 1.54) is 12.1 Å². The first-order valence-corrected chi connectivity index (χ1v) is 12.5. The van der Waals surface area contributed by atoms with E-state index in [-0.39, 0.29) is 30.8 Å². The molecule has 1 N–H and O–H groups in total. The molecule has 5 nitrogen and oxygen atoms in total. The number of ether oxygens (including phenoxy) is 1. The van der Waals surface area contributed by atoms with Crippen LogP contribution < -0.4 is 10.1 Å². The highest BCUT2D eigenvalue weighted by atomic mass is 19.1. The molecule has 6 heteroatoms. The van der Waals surface area contributed by atoms with Crippen LogP contribution in [0.3, 0.4) is 0 Å². The maximum absolute atomic E-state index is 13.7. The van der Waals surface area contributed by atoms with Crippen molar-refractivity contribution in [2.45, 2.75) is 66.1 Å². The van der Waals surface area contributed by atoms with Gasteiger partial charge < -0.3 is 15.0 Å². The van der Waals surface area contributed by atoms with Gasteiger partial charge in [-0.3, -0.25) is 9.59 Å². The van der Waals surface area contributed by atoms with Gasteiger partial charge in [-0.2, -0.15) is 0 Å². The number of carbonyl (C=O) groups is 2. The molecular formula is C31H37FN2O3. The Morgan fingerprint density at radius 1 is 0.946 bits per heavy atom. The van der Waals surface area contributed by atoms with Crippen LogP contribution in [0.1, 0.15) is 48.6 Å². The van der Waals surface area contributed by atoms with Gasteiger partial charge in [0.25, 0.3) is 5.91 Å². The van der Waals surface area contributed by atoms with Gasteiger partial charge in [-0.1, -0.05) is 48.5 Å². The topological polar surface area (TPSA) is 58.6 Å². The maximum Gasteiger partial charge on any atom is 0.261 e. The number of halogens is 1. The molecule has 2 amide bonds. The molecule has 0 heterocycles. The Balaban J connectivity index is 1.95. The predicted molar refractivity (Wildman–Crippen MR) is 145 cm³/mol. The number of amides is 2. The van der Waals surface area contributed by atoms with Crippen LogP contribution >= 0.6 is 0 Å². The largest absolute Gasteiger partial charge is 0.483 e. The Kier molecular flexibility index (Phi) is 9.09. The van der Waals surface area contributed by atoms with Crippen LogP contribution in [-0.4, -0.2) is 34.9 Å². The highest BCUT2D eigenvalue weighted by molar-refractivity contribution is 5.89. The smallest absolute Gasteiger partial charge is 0.261 e. The zero-order valence-electron chi connectivity index (χ0n) is 22.6. The summed E-state index contributed by atoms with van der Waals surface area (Å²) in [7, 11) is 0. The molecule has 0 aromatic heterocycles. The average Bonchev–Trinajstić information content (AvgIpc) is 2.83. The van der Waals surface area contributed by atoms with Gasteiger partial charge in [-0.25, -0.2) is 4.39 Å². The number of nitrogens with zero attached hydrogens (tertiary/aromatic N) is 1. The van der Waals surface area contributed by atoms with Gasteiger partial charge in [0.2, 0.25) is 5.91 Å². The van der Waals surface area contributed by atoms with Crippen LogP contribution in [0.15, 0.2) is 66.7 Å². The van der Waals surface area contributed by atoms with E-state index >= 15 is 0 Å². The summed E-state index contributed by atoms with van der Waals surface area (Å²) in [5.74, 6) is -0.296. The van der Waals surface area contributed by atoms with Crippen LogP contribution in [0.4, 0.5) is 4.39 Å². The molecule has 0 fully saturated rings. The molecule has 0 aliphatic heterocycles. The first-order valence-electron chi connectivity index (χ1n) is 12.5. The first-order chi connectivity index (χ1) is 17.4. The van der Waals surface area contributed by atoms with Gasteiger partial charge in [-0.05, 0) is 87.6 Å². The minimum Gasteiger partial charge on any atom is -0.483 e. The molecule has 0 saturated heterocycles. The van der Waals surface area contributed by atoms with E-state index < -0.39 is 11.6 Å². The van der Waals surface area contributed by atoms with E-state index in [9.17, 15) is 14.0 Å². The summed E-state index contributed by atoms with van der Waals surface area (Å²) < 4.78 is 19.6. The molecule has 0 bridgehead atoms. The van der Waals surface area contributed by atoms with Crippen LogP contribution in [0.5, 0.6) is 5.75 Å². The van der Waals surface area contributed by atoms with Crippen molar-refractivity contribution in [1.29, 1.82) is 0 Å². The monoisotopic (exact) mass is 504 g/mol.